The Labute approximate surface area is 194 Å². The number of aryl methyl sites for hydroxylation is 1. The average molecular weight is 459 g/mol. The van der Waals surface area contributed by atoms with Crippen LogP contribution in [0.15, 0.2) is 36.5 Å². The van der Waals surface area contributed by atoms with Crippen LogP contribution < -0.4 is 5.32 Å². The number of para-hydroxylation sites is 1. The summed E-state index contributed by atoms with van der Waals surface area (Å²) in [6, 6.07) is 8.72. The number of urea groups is 1. The minimum Gasteiger partial charge on any atom is -0.394 e. The average Bonchev–Trinajstić information content (AvgIpc) is 3.26. The maximum absolute atomic E-state index is 12.9. The van der Waals surface area contributed by atoms with Gasteiger partial charge in [0.15, 0.2) is 0 Å². The number of ether oxygens (including phenoxy) is 1. The third kappa shape index (κ3) is 6.75. The first-order valence-corrected chi connectivity index (χ1v) is 11.4. The van der Waals surface area contributed by atoms with Gasteiger partial charge in [-0.15, -0.1) is 5.10 Å². The Kier molecular flexibility index (Phi) is 8.79. The van der Waals surface area contributed by atoms with Gasteiger partial charge in [0.25, 0.3) is 0 Å². The zero-order chi connectivity index (χ0) is 23.8. The molecular formula is C23H34N6O4. The number of amides is 3. The zero-order valence-electron chi connectivity index (χ0n) is 19.6. The fourth-order valence-corrected chi connectivity index (χ4v) is 3.84. The molecule has 10 nitrogen and oxygen atoms in total. The molecule has 2 aromatic rings. The Morgan fingerprint density at radius 1 is 1.36 bits per heavy atom. The van der Waals surface area contributed by atoms with Crippen LogP contribution in [0.1, 0.15) is 32.4 Å². The van der Waals surface area contributed by atoms with Crippen LogP contribution in [0.25, 0.3) is 0 Å². The molecule has 0 fully saturated rings. The lowest BCUT2D eigenvalue weighted by Crippen LogP contribution is -2.48. The molecule has 2 heterocycles. The van der Waals surface area contributed by atoms with Crippen molar-refractivity contribution in [1.29, 1.82) is 0 Å². The second-order valence-electron chi connectivity index (χ2n) is 8.63. The molecule has 0 unspecified atom stereocenters. The van der Waals surface area contributed by atoms with Crippen molar-refractivity contribution in [2.45, 2.75) is 52.0 Å². The predicted octanol–water partition coefficient (Wildman–Crippen LogP) is 1.97. The summed E-state index contributed by atoms with van der Waals surface area (Å²) in [5.41, 5.74) is 1.54. The van der Waals surface area contributed by atoms with Crippen LogP contribution in [-0.4, -0.2) is 80.7 Å². The van der Waals surface area contributed by atoms with Gasteiger partial charge in [-0.05, 0) is 25.5 Å². The number of aromatic nitrogens is 3. The Balaban J connectivity index is 1.76. The molecule has 3 amide bonds. The Hall–Kier alpha value is -2.98. The Morgan fingerprint density at radius 2 is 2.12 bits per heavy atom. The van der Waals surface area contributed by atoms with Gasteiger partial charge in [-0.2, -0.15) is 0 Å². The molecular weight excluding hydrogens is 424 g/mol. The van der Waals surface area contributed by atoms with Gasteiger partial charge in [-0.25, -0.2) is 9.48 Å². The van der Waals surface area contributed by atoms with E-state index in [4.69, 9.17) is 4.74 Å². The van der Waals surface area contributed by atoms with Crippen LogP contribution in [0.2, 0.25) is 0 Å². The predicted molar refractivity (Wildman–Crippen MR) is 123 cm³/mol. The normalized spacial score (nSPS) is 20.8. The number of hydrogen-bond donors (Lipinski definition) is 2. The molecule has 1 aromatic heterocycles. The smallest absolute Gasteiger partial charge is 0.321 e. The van der Waals surface area contributed by atoms with E-state index in [0.29, 0.717) is 44.8 Å². The fourth-order valence-electron chi connectivity index (χ4n) is 3.84. The van der Waals surface area contributed by atoms with E-state index in [1.54, 1.807) is 27.7 Å². The van der Waals surface area contributed by atoms with Gasteiger partial charge in [0.2, 0.25) is 5.91 Å². The summed E-state index contributed by atoms with van der Waals surface area (Å²) in [5, 5.41) is 20.7. The molecule has 1 aromatic carbocycles. The molecule has 1 aliphatic rings. The lowest BCUT2D eigenvalue weighted by molar-refractivity contribution is -0.136. The van der Waals surface area contributed by atoms with Gasteiger partial charge in [0.05, 0.1) is 37.3 Å². The van der Waals surface area contributed by atoms with E-state index >= 15 is 0 Å². The highest BCUT2D eigenvalue weighted by Crippen LogP contribution is 2.18. The number of aliphatic hydroxyl groups is 1. The maximum Gasteiger partial charge on any atom is 0.321 e. The summed E-state index contributed by atoms with van der Waals surface area (Å²) in [7, 11) is 1.72. The number of nitrogens with one attached hydrogen (secondary N) is 1. The molecule has 0 saturated carbocycles. The quantitative estimate of drug-likeness (QED) is 0.708. The van der Waals surface area contributed by atoms with Crippen molar-refractivity contribution >= 4 is 17.6 Å². The number of carbonyl (C=O) groups is 2. The van der Waals surface area contributed by atoms with E-state index in [1.807, 2.05) is 44.2 Å². The monoisotopic (exact) mass is 458 g/mol. The number of hydrogen-bond acceptors (Lipinski definition) is 6. The number of aliphatic hydroxyl groups excluding tert-OH is 1. The lowest BCUT2D eigenvalue weighted by atomic mass is 10.0. The van der Waals surface area contributed by atoms with Crippen molar-refractivity contribution in [2.24, 2.45) is 5.92 Å². The highest BCUT2D eigenvalue weighted by molar-refractivity contribution is 5.89. The van der Waals surface area contributed by atoms with Crippen LogP contribution in [0.4, 0.5) is 10.5 Å². The van der Waals surface area contributed by atoms with E-state index in [9.17, 15) is 14.7 Å². The van der Waals surface area contributed by atoms with Crippen molar-refractivity contribution in [1.82, 2.24) is 24.8 Å². The highest BCUT2D eigenvalue weighted by atomic mass is 16.5. The van der Waals surface area contributed by atoms with Gasteiger partial charge in [0, 0.05) is 44.7 Å². The van der Waals surface area contributed by atoms with Crippen LogP contribution >= 0.6 is 0 Å². The standard InChI is InChI=1S/C23H34N6O4/c1-17-13-28(18(2)15-30)22(31)10-7-11-29-20(12-24-26-29)16-33-21(17)14-27(3)23(32)25-19-8-5-4-6-9-19/h4-6,8-9,12,17-18,21,30H,7,10-11,13-16H2,1-3H3,(H,25,32)/t17-,18-,21+/m0/s1. The fraction of sp³-hybridized carbons (Fsp3) is 0.565. The van der Waals surface area contributed by atoms with Gasteiger partial charge in [-0.3, -0.25) is 4.79 Å². The minimum absolute atomic E-state index is 0.0143. The van der Waals surface area contributed by atoms with Crippen molar-refractivity contribution < 1.29 is 19.4 Å². The van der Waals surface area contributed by atoms with E-state index in [0.717, 1.165) is 5.69 Å². The molecule has 33 heavy (non-hydrogen) atoms. The SMILES string of the molecule is C[C@H]1CN([C@@H](C)CO)C(=O)CCCn2nncc2CO[C@@H]1CN(C)C(=O)Nc1ccccc1. The topological polar surface area (TPSA) is 113 Å². The third-order valence-electron chi connectivity index (χ3n) is 5.97. The van der Waals surface area contributed by atoms with Crippen molar-refractivity contribution in [2.75, 3.05) is 32.1 Å². The summed E-state index contributed by atoms with van der Waals surface area (Å²) in [4.78, 5) is 29.0. The molecule has 3 rings (SSSR count). The van der Waals surface area contributed by atoms with Crippen LogP contribution in [0, 0.1) is 5.92 Å². The molecule has 0 saturated heterocycles. The molecule has 1 aliphatic heterocycles. The summed E-state index contributed by atoms with van der Waals surface area (Å²) in [6.45, 7) is 5.34. The van der Waals surface area contributed by atoms with Crippen molar-refractivity contribution in [3.05, 3.63) is 42.2 Å². The molecule has 3 atom stereocenters. The summed E-state index contributed by atoms with van der Waals surface area (Å²) in [6.07, 6.45) is 2.31. The molecule has 0 aliphatic carbocycles. The molecule has 10 heteroatoms. The van der Waals surface area contributed by atoms with Crippen molar-refractivity contribution in [3.63, 3.8) is 0 Å². The summed E-state index contributed by atoms with van der Waals surface area (Å²) >= 11 is 0. The van der Waals surface area contributed by atoms with E-state index in [2.05, 4.69) is 15.6 Å². The Bertz CT molecular complexity index is 905. The van der Waals surface area contributed by atoms with Gasteiger partial charge < -0.3 is 25.0 Å². The van der Waals surface area contributed by atoms with E-state index in [1.165, 1.54) is 0 Å². The maximum atomic E-state index is 12.9. The van der Waals surface area contributed by atoms with E-state index in [-0.39, 0.29) is 36.6 Å². The van der Waals surface area contributed by atoms with Crippen LogP contribution in [0.3, 0.4) is 0 Å². The summed E-state index contributed by atoms with van der Waals surface area (Å²) in [5.74, 6) is -0.0988. The lowest BCUT2D eigenvalue weighted by Gasteiger charge is -2.35. The van der Waals surface area contributed by atoms with Gasteiger partial charge in [0.1, 0.15) is 0 Å². The van der Waals surface area contributed by atoms with Gasteiger partial charge >= 0.3 is 6.03 Å². The number of anilines is 1. The Morgan fingerprint density at radius 3 is 2.85 bits per heavy atom. The minimum atomic E-state index is -0.347. The largest absolute Gasteiger partial charge is 0.394 e. The van der Waals surface area contributed by atoms with Crippen molar-refractivity contribution in [3.8, 4) is 0 Å². The van der Waals surface area contributed by atoms with Crippen LogP contribution in [0.5, 0.6) is 0 Å². The number of carbonyl (C=O) groups excluding carboxylic acids is 2. The first-order chi connectivity index (χ1) is 15.9. The third-order valence-corrected chi connectivity index (χ3v) is 5.97. The molecule has 180 valence electrons. The van der Waals surface area contributed by atoms with Crippen LogP contribution in [-0.2, 0) is 22.7 Å². The first kappa shape index (κ1) is 24.7. The number of rotatable bonds is 5. The van der Waals surface area contributed by atoms with E-state index < -0.39 is 0 Å². The number of fused-ring (bicyclic) bond motifs is 1. The second kappa shape index (κ2) is 11.8. The molecule has 2 N–H and O–H groups in total. The molecule has 0 radical (unpaired) electrons. The summed E-state index contributed by atoms with van der Waals surface area (Å²) < 4.78 is 8.01. The molecule has 0 spiro atoms. The number of likely N-dealkylation sites (N-methyl/N-ethyl adjacent to an activating group) is 1. The zero-order valence-corrected chi connectivity index (χ0v) is 19.6. The second-order valence-corrected chi connectivity index (χ2v) is 8.63. The first-order valence-electron chi connectivity index (χ1n) is 11.4. The number of benzene rings is 1. The highest BCUT2D eigenvalue weighted by Gasteiger charge is 2.29. The molecule has 0 bridgehead atoms. The van der Waals surface area contributed by atoms with Gasteiger partial charge in [-0.1, -0.05) is 30.3 Å². The number of nitrogens with zero attached hydrogens (tertiary/aromatic N) is 5.